The molecule has 0 saturated carbocycles. The molecule has 7 nitrogen and oxygen atoms in total. The molecule has 1 unspecified atom stereocenters. The smallest absolute Gasteiger partial charge is 0.341 e. The summed E-state index contributed by atoms with van der Waals surface area (Å²) in [6.07, 6.45) is 2.29. The van der Waals surface area contributed by atoms with Gasteiger partial charge in [-0.1, -0.05) is 26.8 Å². The fraction of sp³-hybridized carbons (Fsp3) is 0.417. The van der Waals surface area contributed by atoms with Crippen LogP contribution in [-0.4, -0.2) is 40.5 Å². The van der Waals surface area contributed by atoms with E-state index in [1.54, 1.807) is 7.11 Å². The average molecular weight is 424 g/mol. The molecule has 3 aromatic rings. The largest absolute Gasteiger partial charge is 0.493 e. The van der Waals surface area contributed by atoms with Gasteiger partial charge in [-0.15, -0.1) is 0 Å². The van der Waals surface area contributed by atoms with Crippen molar-refractivity contribution < 1.29 is 19.4 Å². The summed E-state index contributed by atoms with van der Waals surface area (Å²) in [5.41, 5.74) is 1.81. The highest BCUT2D eigenvalue weighted by molar-refractivity contribution is 5.92. The van der Waals surface area contributed by atoms with Crippen LogP contribution in [0, 0.1) is 5.41 Å². The van der Waals surface area contributed by atoms with Crippen LogP contribution in [0.5, 0.6) is 5.75 Å². The number of methoxy groups -OCH3 is 1. The topological polar surface area (TPSA) is 82.7 Å². The molecule has 0 radical (unpaired) electrons. The Morgan fingerprint density at radius 1 is 1.19 bits per heavy atom. The van der Waals surface area contributed by atoms with Crippen molar-refractivity contribution in [2.24, 2.45) is 5.41 Å². The van der Waals surface area contributed by atoms with Gasteiger partial charge < -0.3 is 23.7 Å². The summed E-state index contributed by atoms with van der Waals surface area (Å²) in [6, 6.07) is 9.44. The lowest BCUT2D eigenvalue weighted by atomic mass is 9.85. The molecular formula is C24H28N2O5. The molecule has 1 aliphatic rings. The molecule has 1 atom stereocenters. The second kappa shape index (κ2) is 7.89. The number of hydrogen-bond donors (Lipinski definition) is 1. The summed E-state index contributed by atoms with van der Waals surface area (Å²) in [4.78, 5) is 24.1. The fourth-order valence-electron chi connectivity index (χ4n) is 4.30. The summed E-state index contributed by atoms with van der Waals surface area (Å²) in [5, 5.41) is 10.5. The number of nitrogens with zero attached hydrogens (tertiary/aromatic N) is 2. The lowest BCUT2D eigenvalue weighted by Gasteiger charge is -2.39. The van der Waals surface area contributed by atoms with E-state index < -0.39 is 11.4 Å². The van der Waals surface area contributed by atoms with Crippen molar-refractivity contribution in [3.63, 3.8) is 0 Å². The maximum Gasteiger partial charge on any atom is 0.341 e. The third-order valence-electron chi connectivity index (χ3n) is 5.92. The van der Waals surface area contributed by atoms with Crippen LogP contribution >= 0.6 is 0 Å². The molecule has 0 fully saturated rings. The highest BCUT2D eigenvalue weighted by atomic mass is 16.5. The van der Waals surface area contributed by atoms with Crippen molar-refractivity contribution in [2.75, 3.05) is 20.3 Å². The SMILES string of the molecule is COCCCOc1cccc2c1cc1n2CC(C(C)(C)C)n2cc(C(=O)O)c(=O)cc2-1. The summed E-state index contributed by atoms with van der Waals surface area (Å²) in [5.74, 6) is -0.412. The number of pyridine rings is 1. The van der Waals surface area contributed by atoms with Gasteiger partial charge in [0, 0.05) is 44.3 Å². The van der Waals surface area contributed by atoms with Crippen molar-refractivity contribution in [3.05, 3.63) is 52.3 Å². The Labute approximate surface area is 180 Å². The van der Waals surface area contributed by atoms with Crippen LogP contribution in [0.2, 0.25) is 0 Å². The van der Waals surface area contributed by atoms with Gasteiger partial charge in [0.15, 0.2) is 5.43 Å². The molecule has 0 bridgehead atoms. The highest BCUT2D eigenvalue weighted by Gasteiger charge is 2.34. The summed E-state index contributed by atoms with van der Waals surface area (Å²) >= 11 is 0. The maximum absolute atomic E-state index is 12.5. The third kappa shape index (κ3) is 3.74. The highest BCUT2D eigenvalue weighted by Crippen LogP contribution is 2.43. The average Bonchev–Trinajstić information content (AvgIpc) is 3.09. The number of aromatic nitrogens is 2. The molecule has 0 amide bonds. The zero-order chi connectivity index (χ0) is 22.3. The van der Waals surface area contributed by atoms with Crippen LogP contribution in [0.4, 0.5) is 0 Å². The molecule has 7 heteroatoms. The molecular weight excluding hydrogens is 396 g/mol. The first-order valence-corrected chi connectivity index (χ1v) is 10.5. The number of carbonyl (C=O) groups is 1. The number of ether oxygens (including phenoxy) is 2. The molecule has 0 saturated heterocycles. The Morgan fingerprint density at radius 2 is 1.97 bits per heavy atom. The first-order valence-electron chi connectivity index (χ1n) is 10.5. The van der Waals surface area contributed by atoms with Crippen LogP contribution in [0.1, 0.15) is 43.6 Å². The van der Waals surface area contributed by atoms with E-state index in [4.69, 9.17) is 9.47 Å². The van der Waals surface area contributed by atoms with Crippen molar-refractivity contribution in [1.29, 1.82) is 0 Å². The van der Waals surface area contributed by atoms with Crippen molar-refractivity contribution in [3.8, 4) is 17.1 Å². The molecule has 0 spiro atoms. The van der Waals surface area contributed by atoms with E-state index in [0.29, 0.717) is 19.8 Å². The van der Waals surface area contributed by atoms with E-state index in [1.807, 2.05) is 22.8 Å². The normalized spacial score (nSPS) is 15.5. The zero-order valence-corrected chi connectivity index (χ0v) is 18.3. The van der Waals surface area contributed by atoms with Crippen molar-refractivity contribution in [2.45, 2.75) is 39.8 Å². The maximum atomic E-state index is 12.5. The first-order chi connectivity index (χ1) is 14.7. The van der Waals surface area contributed by atoms with Gasteiger partial charge in [0.1, 0.15) is 11.3 Å². The number of aromatic carboxylic acids is 1. The van der Waals surface area contributed by atoms with Gasteiger partial charge in [0.25, 0.3) is 0 Å². The van der Waals surface area contributed by atoms with Crippen molar-refractivity contribution >= 4 is 16.9 Å². The predicted molar refractivity (Wildman–Crippen MR) is 119 cm³/mol. The molecule has 1 N–H and O–H groups in total. The Balaban J connectivity index is 1.89. The van der Waals surface area contributed by atoms with E-state index in [0.717, 1.165) is 34.5 Å². The van der Waals surface area contributed by atoms with Crippen LogP contribution in [-0.2, 0) is 11.3 Å². The quantitative estimate of drug-likeness (QED) is 0.600. The Bertz CT molecular complexity index is 1200. The number of benzene rings is 1. The van der Waals surface area contributed by atoms with Crippen LogP contribution in [0.15, 0.2) is 41.3 Å². The Morgan fingerprint density at radius 3 is 2.65 bits per heavy atom. The Kier molecular flexibility index (Phi) is 5.39. The van der Waals surface area contributed by atoms with Gasteiger partial charge in [-0.25, -0.2) is 4.79 Å². The van der Waals surface area contributed by atoms with Gasteiger partial charge in [-0.3, -0.25) is 4.79 Å². The molecule has 4 rings (SSSR count). The van der Waals surface area contributed by atoms with E-state index in [-0.39, 0.29) is 17.0 Å². The number of hydrogen-bond acceptors (Lipinski definition) is 4. The lowest BCUT2D eigenvalue weighted by molar-refractivity contribution is 0.0693. The third-order valence-corrected chi connectivity index (χ3v) is 5.92. The monoisotopic (exact) mass is 424 g/mol. The summed E-state index contributed by atoms with van der Waals surface area (Å²) in [6.45, 7) is 8.24. The summed E-state index contributed by atoms with van der Waals surface area (Å²) < 4.78 is 15.3. The van der Waals surface area contributed by atoms with Crippen LogP contribution in [0.3, 0.4) is 0 Å². The van der Waals surface area contributed by atoms with E-state index in [9.17, 15) is 14.7 Å². The molecule has 2 aromatic heterocycles. The lowest BCUT2D eigenvalue weighted by Crippen LogP contribution is -2.35. The fourth-order valence-corrected chi connectivity index (χ4v) is 4.30. The Hall–Kier alpha value is -3.06. The van der Waals surface area contributed by atoms with Crippen LogP contribution in [0.25, 0.3) is 22.3 Å². The van der Waals surface area contributed by atoms with Crippen LogP contribution < -0.4 is 10.2 Å². The van der Waals surface area contributed by atoms with Gasteiger partial charge in [0.05, 0.1) is 29.6 Å². The minimum Gasteiger partial charge on any atom is -0.493 e. The molecule has 31 heavy (non-hydrogen) atoms. The minimum atomic E-state index is -1.20. The predicted octanol–water partition coefficient (Wildman–Crippen LogP) is 4.18. The second-order valence-corrected chi connectivity index (χ2v) is 9.05. The number of carboxylic acid groups (broad SMARTS) is 1. The molecule has 3 heterocycles. The van der Waals surface area contributed by atoms with E-state index in [1.165, 1.54) is 12.3 Å². The van der Waals surface area contributed by atoms with Gasteiger partial charge in [-0.2, -0.15) is 0 Å². The van der Waals surface area contributed by atoms with Gasteiger partial charge in [-0.05, 0) is 23.6 Å². The number of fused-ring (bicyclic) bond motifs is 5. The van der Waals surface area contributed by atoms with E-state index >= 15 is 0 Å². The second-order valence-electron chi connectivity index (χ2n) is 9.05. The molecule has 164 valence electrons. The number of rotatable bonds is 6. The molecule has 1 aromatic carbocycles. The van der Waals surface area contributed by atoms with Crippen molar-refractivity contribution in [1.82, 2.24) is 9.13 Å². The van der Waals surface area contributed by atoms with Gasteiger partial charge >= 0.3 is 5.97 Å². The first kappa shape index (κ1) is 21.2. The zero-order valence-electron chi connectivity index (χ0n) is 18.3. The standard InChI is InChI=1S/C24H28N2O5/c1-24(2,3)22-14-25-17-7-5-8-21(31-10-6-9-30-4)15(17)11-18(25)19-12-20(27)16(23(28)29)13-26(19)22/h5,7-8,11-13,22H,6,9-10,14H2,1-4H3,(H,28,29). The minimum absolute atomic E-state index is 0.0180. The molecule has 1 aliphatic heterocycles. The summed E-state index contributed by atoms with van der Waals surface area (Å²) in [7, 11) is 1.67. The van der Waals surface area contributed by atoms with Gasteiger partial charge in [0.2, 0.25) is 0 Å². The molecule has 0 aliphatic carbocycles. The van der Waals surface area contributed by atoms with E-state index in [2.05, 4.69) is 31.4 Å². The number of carboxylic acids is 1.